The highest BCUT2D eigenvalue weighted by Gasteiger charge is 2.05. The van der Waals surface area contributed by atoms with Crippen LogP contribution in [-0.4, -0.2) is 50.7 Å². The molecule has 0 aromatic rings. The van der Waals surface area contributed by atoms with E-state index in [4.69, 9.17) is 5.26 Å². The first kappa shape index (κ1) is 10.5. The number of rotatable bonds is 2. The molecule has 0 bridgehead atoms. The lowest BCUT2D eigenvalue weighted by Crippen LogP contribution is -2.34. The van der Waals surface area contributed by atoms with Gasteiger partial charge in [-0.15, -0.1) is 0 Å². The highest BCUT2D eigenvalue weighted by atomic mass is 15.2. The van der Waals surface area contributed by atoms with E-state index in [2.05, 4.69) is 21.6 Å². The molecule has 4 nitrogen and oxygen atoms in total. The summed E-state index contributed by atoms with van der Waals surface area (Å²) < 4.78 is 0. The van der Waals surface area contributed by atoms with Crippen LogP contribution in [0.15, 0.2) is 0 Å². The molecular weight excluding hydrogens is 164 g/mol. The summed E-state index contributed by atoms with van der Waals surface area (Å²) in [6.07, 6.45) is 0.639. The summed E-state index contributed by atoms with van der Waals surface area (Å²) in [5.41, 5.74) is 0. The zero-order valence-corrected chi connectivity index (χ0v) is 8.05. The lowest BCUT2D eigenvalue weighted by Gasteiger charge is -2.19. The Morgan fingerprint density at radius 3 is 2.23 bits per heavy atom. The van der Waals surface area contributed by atoms with Crippen molar-refractivity contribution in [1.82, 2.24) is 15.5 Å². The van der Waals surface area contributed by atoms with Gasteiger partial charge in [0.2, 0.25) is 0 Å². The van der Waals surface area contributed by atoms with E-state index in [0.717, 1.165) is 45.8 Å². The van der Waals surface area contributed by atoms with Crippen LogP contribution in [0.25, 0.3) is 0 Å². The second-order valence-corrected chi connectivity index (χ2v) is 3.25. The Balaban J connectivity index is 2.20. The van der Waals surface area contributed by atoms with Gasteiger partial charge in [-0.1, -0.05) is 0 Å². The molecule has 0 aromatic carbocycles. The third kappa shape index (κ3) is 4.83. The van der Waals surface area contributed by atoms with Gasteiger partial charge < -0.3 is 10.6 Å². The number of nitrogens with one attached hydrogen (secondary N) is 2. The van der Waals surface area contributed by atoms with E-state index in [0.29, 0.717) is 6.42 Å². The largest absolute Gasteiger partial charge is 0.314 e. The van der Waals surface area contributed by atoms with E-state index >= 15 is 0 Å². The molecule has 0 aromatic heterocycles. The molecular formula is C9H18N4. The van der Waals surface area contributed by atoms with Crippen LogP contribution >= 0.6 is 0 Å². The van der Waals surface area contributed by atoms with Crippen LogP contribution in [0.2, 0.25) is 0 Å². The summed E-state index contributed by atoms with van der Waals surface area (Å²) in [5.74, 6) is 0. The third-order valence-corrected chi connectivity index (χ3v) is 2.23. The number of hydrogen-bond donors (Lipinski definition) is 2. The molecule has 1 fully saturated rings. The van der Waals surface area contributed by atoms with E-state index in [1.54, 1.807) is 0 Å². The molecule has 1 heterocycles. The van der Waals surface area contributed by atoms with Crippen molar-refractivity contribution in [2.45, 2.75) is 6.42 Å². The average molecular weight is 182 g/mol. The van der Waals surface area contributed by atoms with E-state index < -0.39 is 0 Å². The van der Waals surface area contributed by atoms with Crippen LogP contribution in [0.5, 0.6) is 0 Å². The van der Waals surface area contributed by atoms with Gasteiger partial charge in [0.1, 0.15) is 0 Å². The molecule has 2 N–H and O–H groups in total. The van der Waals surface area contributed by atoms with Crippen LogP contribution in [0.4, 0.5) is 0 Å². The van der Waals surface area contributed by atoms with Gasteiger partial charge in [-0.3, -0.25) is 4.90 Å². The minimum absolute atomic E-state index is 0.639. The second kappa shape index (κ2) is 6.84. The molecule has 0 atom stereocenters. The van der Waals surface area contributed by atoms with Gasteiger partial charge in [-0.05, 0) is 0 Å². The molecule has 1 saturated heterocycles. The van der Waals surface area contributed by atoms with Crippen molar-refractivity contribution >= 4 is 0 Å². The molecule has 0 unspecified atom stereocenters. The molecule has 0 radical (unpaired) electrons. The van der Waals surface area contributed by atoms with Crippen LogP contribution in [0.3, 0.4) is 0 Å². The Labute approximate surface area is 79.9 Å². The molecule has 1 aliphatic rings. The monoisotopic (exact) mass is 182 g/mol. The summed E-state index contributed by atoms with van der Waals surface area (Å²) >= 11 is 0. The molecule has 4 heteroatoms. The summed E-state index contributed by atoms with van der Waals surface area (Å²) in [7, 11) is 0. The number of hydrogen-bond acceptors (Lipinski definition) is 4. The van der Waals surface area contributed by atoms with Crippen molar-refractivity contribution in [1.29, 1.82) is 5.26 Å². The van der Waals surface area contributed by atoms with Gasteiger partial charge >= 0.3 is 0 Å². The van der Waals surface area contributed by atoms with Gasteiger partial charge in [0.05, 0.1) is 6.07 Å². The summed E-state index contributed by atoms with van der Waals surface area (Å²) in [6.45, 7) is 7.19. The first-order chi connectivity index (χ1) is 6.43. The fraction of sp³-hybridized carbons (Fsp3) is 0.889. The van der Waals surface area contributed by atoms with Crippen molar-refractivity contribution < 1.29 is 0 Å². The first-order valence-corrected chi connectivity index (χ1v) is 4.94. The summed E-state index contributed by atoms with van der Waals surface area (Å²) in [4.78, 5) is 2.33. The fourth-order valence-electron chi connectivity index (χ4n) is 1.44. The van der Waals surface area contributed by atoms with Crippen molar-refractivity contribution in [3.05, 3.63) is 0 Å². The second-order valence-electron chi connectivity index (χ2n) is 3.25. The van der Waals surface area contributed by atoms with Crippen molar-refractivity contribution in [2.75, 3.05) is 45.8 Å². The van der Waals surface area contributed by atoms with Crippen LogP contribution in [-0.2, 0) is 0 Å². The van der Waals surface area contributed by atoms with E-state index in [-0.39, 0.29) is 0 Å². The number of nitriles is 1. The smallest absolute Gasteiger partial charge is 0.0635 e. The standard InChI is InChI=1S/C9H18N4/c10-2-1-7-13-8-5-11-3-4-12-6-9-13/h11-12H,1,3-9H2. The quantitative estimate of drug-likeness (QED) is 0.598. The molecule has 1 aliphatic heterocycles. The maximum absolute atomic E-state index is 8.47. The lowest BCUT2D eigenvalue weighted by molar-refractivity contribution is 0.287. The Kier molecular flexibility index (Phi) is 5.50. The summed E-state index contributed by atoms with van der Waals surface area (Å²) in [6, 6.07) is 2.18. The topological polar surface area (TPSA) is 51.1 Å². The van der Waals surface area contributed by atoms with Crippen LogP contribution in [0.1, 0.15) is 6.42 Å². The maximum atomic E-state index is 8.47. The van der Waals surface area contributed by atoms with Gasteiger partial charge in [-0.25, -0.2) is 0 Å². The molecule has 1 rings (SSSR count). The molecule has 0 aliphatic carbocycles. The maximum Gasteiger partial charge on any atom is 0.0635 e. The molecule has 74 valence electrons. The first-order valence-electron chi connectivity index (χ1n) is 4.94. The lowest BCUT2D eigenvalue weighted by atomic mass is 10.4. The molecule has 13 heavy (non-hydrogen) atoms. The minimum Gasteiger partial charge on any atom is -0.314 e. The van der Waals surface area contributed by atoms with Crippen LogP contribution < -0.4 is 10.6 Å². The third-order valence-electron chi connectivity index (χ3n) is 2.23. The van der Waals surface area contributed by atoms with Crippen molar-refractivity contribution in [2.24, 2.45) is 0 Å². The minimum atomic E-state index is 0.639. The van der Waals surface area contributed by atoms with E-state index in [1.165, 1.54) is 0 Å². The average Bonchev–Trinajstić information content (AvgIpc) is 2.28. The SMILES string of the molecule is N#CCCN1CCNCCNCC1. The van der Waals surface area contributed by atoms with E-state index in [1.807, 2.05) is 0 Å². The predicted molar refractivity (Wildman–Crippen MR) is 52.4 cm³/mol. The molecule has 0 saturated carbocycles. The Morgan fingerprint density at radius 1 is 1.08 bits per heavy atom. The Hall–Kier alpha value is -0.630. The predicted octanol–water partition coefficient (Wildman–Crippen LogP) is -0.605. The van der Waals surface area contributed by atoms with Gasteiger partial charge in [-0.2, -0.15) is 5.26 Å². The van der Waals surface area contributed by atoms with Crippen LogP contribution in [0, 0.1) is 11.3 Å². The molecule has 0 amide bonds. The fourth-order valence-corrected chi connectivity index (χ4v) is 1.44. The van der Waals surface area contributed by atoms with Crippen molar-refractivity contribution in [3.63, 3.8) is 0 Å². The zero-order chi connectivity index (χ0) is 9.36. The van der Waals surface area contributed by atoms with Crippen molar-refractivity contribution in [3.8, 4) is 6.07 Å². The normalized spacial score (nSPS) is 21.2. The Bertz CT molecular complexity index is 153. The summed E-state index contributed by atoms with van der Waals surface area (Å²) in [5, 5.41) is 15.2. The number of nitrogens with zero attached hydrogens (tertiary/aromatic N) is 2. The Morgan fingerprint density at radius 2 is 1.69 bits per heavy atom. The highest BCUT2D eigenvalue weighted by molar-refractivity contribution is 4.73. The molecule has 0 spiro atoms. The van der Waals surface area contributed by atoms with Gasteiger partial charge in [0.15, 0.2) is 0 Å². The zero-order valence-electron chi connectivity index (χ0n) is 8.05. The van der Waals surface area contributed by atoms with E-state index in [9.17, 15) is 0 Å². The van der Waals surface area contributed by atoms with Gasteiger partial charge in [0, 0.05) is 52.2 Å². The van der Waals surface area contributed by atoms with Gasteiger partial charge in [0.25, 0.3) is 0 Å². The highest BCUT2D eigenvalue weighted by Crippen LogP contribution is 1.90.